The van der Waals surface area contributed by atoms with Crippen LogP contribution >= 0.6 is 11.6 Å². The number of benzene rings is 1. The van der Waals surface area contributed by atoms with Crippen molar-refractivity contribution in [1.82, 2.24) is 15.1 Å². The van der Waals surface area contributed by atoms with Crippen LogP contribution in [0.25, 0.3) is 0 Å². The van der Waals surface area contributed by atoms with Gasteiger partial charge in [-0.05, 0) is 43.0 Å². The van der Waals surface area contributed by atoms with Crippen molar-refractivity contribution in [3.8, 4) is 0 Å². The summed E-state index contributed by atoms with van der Waals surface area (Å²) in [6.45, 7) is 6.34. The van der Waals surface area contributed by atoms with Gasteiger partial charge >= 0.3 is 0 Å². The number of H-pyrrole nitrogens is 1. The van der Waals surface area contributed by atoms with Crippen molar-refractivity contribution in [3.05, 3.63) is 57.0 Å². The topological polar surface area (TPSA) is 61.0 Å². The zero-order valence-electron chi connectivity index (χ0n) is 13.9. The standard InChI is InChI=1S/C18H23ClN4O/c1-13-6-8-23(9-7-13)12-15-4-2-14(3-5-15)10-20-16-11-21-22-18(24)17(16)19/h2-5,11,13H,6-10,12H2,1H3,(H2,20,22,24). The van der Waals surface area contributed by atoms with Gasteiger partial charge in [0.1, 0.15) is 5.02 Å². The first-order valence-electron chi connectivity index (χ1n) is 8.39. The minimum atomic E-state index is -0.382. The lowest BCUT2D eigenvalue weighted by Gasteiger charge is -2.30. The summed E-state index contributed by atoms with van der Waals surface area (Å²) in [5, 5.41) is 9.35. The van der Waals surface area contributed by atoms with Crippen LogP contribution in [0.2, 0.25) is 5.02 Å². The Labute approximate surface area is 147 Å². The highest BCUT2D eigenvalue weighted by molar-refractivity contribution is 6.32. The van der Waals surface area contributed by atoms with Gasteiger partial charge in [0.15, 0.2) is 0 Å². The van der Waals surface area contributed by atoms with E-state index in [2.05, 4.69) is 51.6 Å². The van der Waals surface area contributed by atoms with Crippen LogP contribution in [0.3, 0.4) is 0 Å². The molecule has 0 amide bonds. The van der Waals surface area contributed by atoms with E-state index in [1.54, 1.807) is 0 Å². The molecule has 0 unspecified atom stereocenters. The first kappa shape index (κ1) is 17.0. The predicted molar refractivity (Wildman–Crippen MR) is 97.3 cm³/mol. The average molecular weight is 347 g/mol. The smallest absolute Gasteiger partial charge is 0.285 e. The highest BCUT2D eigenvalue weighted by atomic mass is 35.5. The second kappa shape index (κ2) is 7.81. The van der Waals surface area contributed by atoms with Crippen LogP contribution < -0.4 is 10.9 Å². The predicted octanol–water partition coefficient (Wildman–Crippen LogP) is 3.27. The van der Waals surface area contributed by atoms with E-state index in [9.17, 15) is 4.79 Å². The SMILES string of the molecule is CC1CCN(Cc2ccc(CNc3cn[nH]c(=O)c3Cl)cc2)CC1. The molecule has 0 radical (unpaired) electrons. The normalized spacial score (nSPS) is 16.2. The van der Waals surface area contributed by atoms with Crippen molar-refractivity contribution >= 4 is 17.3 Å². The molecule has 24 heavy (non-hydrogen) atoms. The molecule has 0 bridgehead atoms. The number of halogens is 1. The molecule has 1 aliphatic rings. The third kappa shape index (κ3) is 4.36. The minimum absolute atomic E-state index is 0.140. The molecule has 1 fully saturated rings. The Morgan fingerprint density at radius 3 is 2.62 bits per heavy atom. The first-order valence-corrected chi connectivity index (χ1v) is 8.77. The van der Waals surface area contributed by atoms with E-state index in [1.807, 2.05) is 0 Å². The zero-order chi connectivity index (χ0) is 16.9. The monoisotopic (exact) mass is 346 g/mol. The van der Waals surface area contributed by atoms with Gasteiger partial charge in [-0.1, -0.05) is 42.8 Å². The van der Waals surface area contributed by atoms with Gasteiger partial charge in [0.25, 0.3) is 5.56 Å². The maximum absolute atomic E-state index is 11.4. The van der Waals surface area contributed by atoms with E-state index in [-0.39, 0.29) is 10.6 Å². The fraction of sp³-hybridized carbons (Fsp3) is 0.444. The molecular weight excluding hydrogens is 324 g/mol. The summed E-state index contributed by atoms with van der Waals surface area (Å²) in [5.74, 6) is 0.862. The van der Waals surface area contributed by atoms with Crippen LogP contribution in [0.4, 0.5) is 5.69 Å². The molecule has 128 valence electrons. The fourth-order valence-corrected chi connectivity index (χ4v) is 3.10. The second-order valence-electron chi connectivity index (χ2n) is 6.56. The molecular formula is C18H23ClN4O. The summed E-state index contributed by atoms with van der Waals surface area (Å²) in [6.07, 6.45) is 4.12. The molecule has 2 heterocycles. The number of piperidine rings is 1. The molecule has 1 saturated heterocycles. The molecule has 0 saturated carbocycles. The van der Waals surface area contributed by atoms with Crippen molar-refractivity contribution in [2.75, 3.05) is 18.4 Å². The largest absolute Gasteiger partial charge is 0.378 e. The van der Waals surface area contributed by atoms with E-state index in [4.69, 9.17) is 11.6 Å². The van der Waals surface area contributed by atoms with Gasteiger partial charge in [-0.25, -0.2) is 5.10 Å². The van der Waals surface area contributed by atoms with E-state index in [0.717, 1.165) is 18.0 Å². The molecule has 1 aromatic heterocycles. The van der Waals surface area contributed by atoms with Crippen LogP contribution in [0, 0.1) is 5.92 Å². The van der Waals surface area contributed by atoms with E-state index in [0.29, 0.717) is 12.2 Å². The number of rotatable bonds is 5. The van der Waals surface area contributed by atoms with Crippen molar-refractivity contribution in [2.45, 2.75) is 32.9 Å². The number of hydrogen-bond donors (Lipinski definition) is 2. The molecule has 6 heteroatoms. The number of hydrogen-bond acceptors (Lipinski definition) is 4. The third-order valence-corrected chi connectivity index (χ3v) is 4.96. The van der Waals surface area contributed by atoms with Gasteiger partial charge < -0.3 is 5.32 Å². The molecule has 5 nitrogen and oxygen atoms in total. The van der Waals surface area contributed by atoms with Crippen LogP contribution in [-0.2, 0) is 13.1 Å². The Balaban J connectivity index is 1.54. The molecule has 1 aromatic carbocycles. The lowest BCUT2D eigenvalue weighted by atomic mass is 9.99. The second-order valence-corrected chi connectivity index (χ2v) is 6.93. The highest BCUT2D eigenvalue weighted by Gasteiger charge is 2.15. The van der Waals surface area contributed by atoms with Gasteiger partial charge in [0.05, 0.1) is 11.9 Å². The number of anilines is 1. The summed E-state index contributed by atoms with van der Waals surface area (Å²) in [6, 6.07) is 8.58. The molecule has 2 N–H and O–H groups in total. The lowest BCUT2D eigenvalue weighted by Crippen LogP contribution is -2.32. The van der Waals surface area contributed by atoms with Gasteiger partial charge in [-0.3, -0.25) is 9.69 Å². The Morgan fingerprint density at radius 2 is 1.92 bits per heavy atom. The summed E-state index contributed by atoms with van der Waals surface area (Å²) in [5.41, 5.74) is 2.64. The third-order valence-electron chi connectivity index (χ3n) is 4.58. The van der Waals surface area contributed by atoms with Gasteiger partial charge in [0, 0.05) is 13.1 Å². The van der Waals surface area contributed by atoms with Gasteiger partial charge in [-0.2, -0.15) is 5.10 Å². The zero-order valence-corrected chi connectivity index (χ0v) is 14.6. The number of aromatic nitrogens is 2. The molecule has 0 atom stereocenters. The Kier molecular flexibility index (Phi) is 5.53. The molecule has 0 aliphatic carbocycles. The minimum Gasteiger partial charge on any atom is -0.378 e. The molecule has 3 rings (SSSR count). The van der Waals surface area contributed by atoms with E-state index in [1.165, 1.54) is 37.7 Å². The molecule has 1 aliphatic heterocycles. The van der Waals surface area contributed by atoms with E-state index < -0.39 is 0 Å². The van der Waals surface area contributed by atoms with Crippen molar-refractivity contribution in [3.63, 3.8) is 0 Å². The Bertz CT molecular complexity index is 721. The first-order chi connectivity index (χ1) is 11.6. The maximum Gasteiger partial charge on any atom is 0.285 e. The summed E-state index contributed by atoms with van der Waals surface area (Å²) >= 11 is 5.95. The number of nitrogens with zero attached hydrogens (tertiary/aromatic N) is 2. The molecule has 2 aromatic rings. The molecule has 0 spiro atoms. The fourth-order valence-electron chi connectivity index (χ4n) is 2.94. The maximum atomic E-state index is 11.4. The lowest BCUT2D eigenvalue weighted by molar-refractivity contribution is 0.185. The van der Waals surface area contributed by atoms with E-state index >= 15 is 0 Å². The Hall–Kier alpha value is -1.85. The number of likely N-dealkylation sites (tertiary alicyclic amines) is 1. The Morgan fingerprint density at radius 1 is 1.25 bits per heavy atom. The van der Waals surface area contributed by atoms with Crippen LogP contribution in [0.15, 0.2) is 35.3 Å². The number of aromatic amines is 1. The highest BCUT2D eigenvalue weighted by Crippen LogP contribution is 2.19. The summed E-state index contributed by atoms with van der Waals surface area (Å²) < 4.78 is 0. The van der Waals surface area contributed by atoms with Crippen LogP contribution in [0.5, 0.6) is 0 Å². The average Bonchev–Trinajstić information content (AvgIpc) is 2.59. The quantitative estimate of drug-likeness (QED) is 0.872. The van der Waals surface area contributed by atoms with Crippen LogP contribution in [-0.4, -0.2) is 28.2 Å². The van der Waals surface area contributed by atoms with Crippen LogP contribution in [0.1, 0.15) is 30.9 Å². The number of nitrogens with one attached hydrogen (secondary N) is 2. The van der Waals surface area contributed by atoms with Crippen molar-refractivity contribution < 1.29 is 0 Å². The summed E-state index contributed by atoms with van der Waals surface area (Å²) in [4.78, 5) is 13.9. The van der Waals surface area contributed by atoms with Gasteiger partial charge in [-0.15, -0.1) is 0 Å². The van der Waals surface area contributed by atoms with Crippen molar-refractivity contribution in [2.24, 2.45) is 5.92 Å². The van der Waals surface area contributed by atoms with Gasteiger partial charge in [0.2, 0.25) is 0 Å². The summed E-state index contributed by atoms with van der Waals surface area (Å²) in [7, 11) is 0. The van der Waals surface area contributed by atoms with Crippen molar-refractivity contribution in [1.29, 1.82) is 0 Å².